The molecule has 0 radical (unpaired) electrons. The van der Waals surface area contributed by atoms with Gasteiger partial charge in [0.1, 0.15) is 0 Å². The van der Waals surface area contributed by atoms with E-state index in [1.54, 1.807) is 12.1 Å². The van der Waals surface area contributed by atoms with E-state index in [0.29, 0.717) is 11.1 Å². The molecule has 0 aliphatic carbocycles. The van der Waals surface area contributed by atoms with Crippen molar-refractivity contribution in [2.24, 2.45) is 0 Å². The predicted octanol–water partition coefficient (Wildman–Crippen LogP) is 3.41. The average molecular weight is 264 g/mol. The predicted molar refractivity (Wildman–Crippen MR) is 71.5 cm³/mol. The van der Waals surface area contributed by atoms with E-state index in [0.717, 1.165) is 25.0 Å². The van der Waals surface area contributed by atoms with Gasteiger partial charge in [0.25, 0.3) is 0 Å². The number of anilines is 1. The monoisotopic (exact) mass is 264 g/mol. The molecule has 102 valence electrons. The number of hydrogen-bond acceptors (Lipinski definition) is 4. The molecule has 2 N–H and O–H groups in total. The van der Waals surface area contributed by atoms with Crippen LogP contribution in [0.15, 0.2) is 22.7 Å². The Balaban J connectivity index is 2.40. The highest BCUT2D eigenvalue weighted by molar-refractivity contribution is 5.75. The van der Waals surface area contributed by atoms with Crippen molar-refractivity contribution in [1.82, 2.24) is 5.16 Å². The van der Waals surface area contributed by atoms with Crippen LogP contribution in [-0.4, -0.2) is 12.3 Å². The van der Waals surface area contributed by atoms with E-state index in [1.165, 1.54) is 13.2 Å². The Morgan fingerprint density at radius 3 is 2.84 bits per heavy atom. The largest absolute Gasteiger partial charge is 0.494 e. The molecule has 5 heteroatoms. The molecule has 2 aromatic rings. The minimum atomic E-state index is -0.429. The first-order valence-electron chi connectivity index (χ1n) is 6.25. The molecule has 4 nitrogen and oxygen atoms in total. The molecule has 0 atom stereocenters. The van der Waals surface area contributed by atoms with Gasteiger partial charge in [0.05, 0.1) is 18.4 Å². The number of benzene rings is 1. The summed E-state index contributed by atoms with van der Waals surface area (Å²) < 4.78 is 23.7. The van der Waals surface area contributed by atoms with Crippen molar-refractivity contribution in [3.8, 4) is 16.9 Å². The maximum Gasteiger partial charge on any atom is 0.230 e. The summed E-state index contributed by atoms with van der Waals surface area (Å²) in [7, 11) is 1.43. The van der Waals surface area contributed by atoms with Crippen LogP contribution in [0.1, 0.15) is 25.5 Å². The molecule has 1 aromatic carbocycles. The summed E-state index contributed by atoms with van der Waals surface area (Å²) in [6, 6.07) is 4.71. The lowest BCUT2D eigenvalue weighted by Gasteiger charge is -2.05. The number of halogens is 1. The summed E-state index contributed by atoms with van der Waals surface area (Å²) in [6.45, 7) is 2.09. The molecule has 0 aliphatic heterocycles. The highest BCUT2D eigenvalue weighted by Gasteiger charge is 2.16. The van der Waals surface area contributed by atoms with Gasteiger partial charge >= 0.3 is 0 Å². The van der Waals surface area contributed by atoms with Gasteiger partial charge in [-0.1, -0.05) is 24.6 Å². The van der Waals surface area contributed by atoms with E-state index in [2.05, 4.69) is 12.1 Å². The number of methoxy groups -OCH3 is 1. The van der Waals surface area contributed by atoms with Crippen molar-refractivity contribution in [3.05, 3.63) is 29.7 Å². The SMILES string of the molecule is CCCCc1noc(N)c1-c1ccc(OC)c(F)c1. The molecule has 1 heterocycles. The van der Waals surface area contributed by atoms with Gasteiger partial charge in [-0.05, 0) is 30.5 Å². The van der Waals surface area contributed by atoms with Crippen LogP contribution < -0.4 is 10.5 Å². The van der Waals surface area contributed by atoms with Gasteiger partial charge in [-0.2, -0.15) is 0 Å². The molecule has 0 saturated heterocycles. The third-order valence-electron chi connectivity index (χ3n) is 3.00. The summed E-state index contributed by atoms with van der Waals surface area (Å²) >= 11 is 0. The van der Waals surface area contributed by atoms with Crippen LogP contribution in [0.2, 0.25) is 0 Å². The molecule has 0 bridgehead atoms. The lowest BCUT2D eigenvalue weighted by atomic mass is 10.0. The Bertz CT molecular complexity index is 567. The Morgan fingerprint density at radius 2 is 2.21 bits per heavy atom. The third-order valence-corrected chi connectivity index (χ3v) is 3.00. The van der Waals surface area contributed by atoms with Crippen LogP contribution in [0.25, 0.3) is 11.1 Å². The second-order valence-corrected chi connectivity index (χ2v) is 4.32. The standard InChI is InChI=1S/C14H17FN2O2/c1-3-4-5-11-13(14(16)19-17-11)9-6-7-12(18-2)10(15)8-9/h6-8H,3-5,16H2,1-2H3. The number of aryl methyl sites for hydroxylation is 1. The number of hydrogen-bond donors (Lipinski definition) is 1. The van der Waals surface area contributed by atoms with Crippen LogP contribution in [0.4, 0.5) is 10.3 Å². The Kier molecular flexibility index (Phi) is 4.04. The van der Waals surface area contributed by atoms with Gasteiger partial charge in [-0.3, -0.25) is 0 Å². The van der Waals surface area contributed by atoms with Gasteiger partial charge < -0.3 is 15.0 Å². The van der Waals surface area contributed by atoms with E-state index in [4.69, 9.17) is 15.0 Å². The van der Waals surface area contributed by atoms with Gasteiger partial charge in [0.2, 0.25) is 5.88 Å². The fraction of sp³-hybridized carbons (Fsp3) is 0.357. The lowest BCUT2D eigenvalue weighted by Crippen LogP contribution is -1.93. The fourth-order valence-electron chi connectivity index (χ4n) is 1.98. The molecular formula is C14H17FN2O2. The Labute approximate surface area is 111 Å². The summed E-state index contributed by atoms with van der Waals surface area (Å²) in [4.78, 5) is 0. The highest BCUT2D eigenvalue weighted by Crippen LogP contribution is 2.33. The number of aromatic nitrogens is 1. The molecule has 1 aromatic heterocycles. The van der Waals surface area contributed by atoms with E-state index < -0.39 is 5.82 Å². The van der Waals surface area contributed by atoms with Crippen LogP contribution in [0, 0.1) is 5.82 Å². The molecule has 0 spiro atoms. The zero-order chi connectivity index (χ0) is 13.8. The van der Waals surface area contributed by atoms with Crippen molar-refractivity contribution in [1.29, 1.82) is 0 Å². The van der Waals surface area contributed by atoms with E-state index >= 15 is 0 Å². The first kappa shape index (κ1) is 13.4. The van der Waals surface area contributed by atoms with Crippen LogP contribution in [0.5, 0.6) is 5.75 Å². The second kappa shape index (κ2) is 5.73. The van der Waals surface area contributed by atoms with Crippen molar-refractivity contribution in [2.45, 2.75) is 26.2 Å². The van der Waals surface area contributed by atoms with Crippen LogP contribution in [-0.2, 0) is 6.42 Å². The lowest BCUT2D eigenvalue weighted by molar-refractivity contribution is 0.386. The van der Waals surface area contributed by atoms with E-state index in [-0.39, 0.29) is 11.6 Å². The highest BCUT2D eigenvalue weighted by atomic mass is 19.1. The van der Waals surface area contributed by atoms with Crippen molar-refractivity contribution in [3.63, 3.8) is 0 Å². The first-order valence-corrected chi connectivity index (χ1v) is 6.25. The zero-order valence-electron chi connectivity index (χ0n) is 11.1. The molecule has 0 fully saturated rings. The van der Waals surface area contributed by atoms with E-state index in [1.807, 2.05) is 0 Å². The first-order chi connectivity index (χ1) is 9.17. The zero-order valence-corrected chi connectivity index (χ0v) is 11.1. The van der Waals surface area contributed by atoms with Crippen LogP contribution >= 0.6 is 0 Å². The van der Waals surface area contributed by atoms with Crippen LogP contribution in [0.3, 0.4) is 0 Å². The second-order valence-electron chi connectivity index (χ2n) is 4.32. The summed E-state index contributed by atoms with van der Waals surface area (Å²) in [5.74, 6) is -0.00778. The minimum Gasteiger partial charge on any atom is -0.494 e. The van der Waals surface area contributed by atoms with Crippen molar-refractivity contribution < 1.29 is 13.7 Å². The molecule has 0 unspecified atom stereocenters. The van der Waals surface area contributed by atoms with Gasteiger partial charge in [-0.15, -0.1) is 0 Å². The smallest absolute Gasteiger partial charge is 0.230 e. The quantitative estimate of drug-likeness (QED) is 0.898. The summed E-state index contributed by atoms with van der Waals surface area (Å²) in [5.41, 5.74) is 7.88. The molecule has 0 aliphatic rings. The molecule has 19 heavy (non-hydrogen) atoms. The minimum absolute atomic E-state index is 0.203. The number of rotatable bonds is 5. The topological polar surface area (TPSA) is 61.3 Å². The number of nitrogens with zero attached hydrogens (tertiary/aromatic N) is 1. The van der Waals surface area contributed by atoms with Crippen molar-refractivity contribution in [2.75, 3.05) is 12.8 Å². The molecular weight excluding hydrogens is 247 g/mol. The third kappa shape index (κ3) is 2.70. The normalized spacial score (nSPS) is 10.7. The molecule has 0 amide bonds. The maximum atomic E-state index is 13.7. The summed E-state index contributed by atoms with van der Waals surface area (Å²) in [6.07, 6.45) is 2.79. The number of unbranched alkanes of at least 4 members (excludes halogenated alkanes) is 1. The van der Waals surface area contributed by atoms with Gasteiger partial charge in [0, 0.05) is 0 Å². The van der Waals surface area contributed by atoms with Crippen molar-refractivity contribution >= 4 is 5.88 Å². The Hall–Kier alpha value is -2.04. The average Bonchev–Trinajstić information content (AvgIpc) is 2.77. The van der Waals surface area contributed by atoms with E-state index in [9.17, 15) is 4.39 Å². The number of ether oxygens (including phenoxy) is 1. The molecule has 2 rings (SSSR count). The summed E-state index contributed by atoms with van der Waals surface area (Å²) in [5, 5.41) is 3.95. The number of nitrogen functional groups attached to an aromatic ring is 1. The number of nitrogens with two attached hydrogens (primary N) is 1. The Morgan fingerprint density at radius 1 is 1.42 bits per heavy atom. The fourth-order valence-corrected chi connectivity index (χ4v) is 1.98. The molecule has 0 saturated carbocycles. The van der Waals surface area contributed by atoms with Gasteiger partial charge in [-0.25, -0.2) is 4.39 Å². The maximum absolute atomic E-state index is 13.7. The van der Waals surface area contributed by atoms with Gasteiger partial charge in [0.15, 0.2) is 11.6 Å².